The van der Waals surface area contributed by atoms with Crippen LogP contribution in [0.3, 0.4) is 0 Å². The number of ether oxygens (including phenoxy) is 2. The van der Waals surface area contributed by atoms with Crippen molar-refractivity contribution in [2.45, 2.75) is 65.2 Å². The average molecular weight is 545 g/mol. The second kappa shape index (κ2) is 16.5. The van der Waals surface area contributed by atoms with Gasteiger partial charge >= 0.3 is 0 Å². The van der Waals surface area contributed by atoms with Gasteiger partial charge in [-0.15, -0.1) is 22.7 Å². The van der Waals surface area contributed by atoms with E-state index < -0.39 is 0 Å². The van der Waals surface area contributed by atoms with Gasteiger partial charge in [-0.3, -0.25) is 0 Å². The summed E-state index contributed by atoms with van der Waals surface area (Å²) in [5, 5.41) is 23.7. The van der Waals surface area contributed by atoms with Gasteiger partial charge in [0.05, 0.1) is 24.4 Å². The number of hydrogen-bond acceptors (Lipinski definition) is 6. The molecule has 0 bridgehead atoms. The Hall–Kier alpha value is -3.32. The minimum atomic E-state index is 0.587. The number of allylic oxidation sites excluding steroid dienone is 2. The monoisotopic (exact) mass is 544 g/mol. The smallest absolute Gasteiger partial charge is 0.127 e. The molecule has 38 heavy (non-hydrogen) atoms. The van der Waals surface area contributed by atoms with Crippen LogP contribution >= 0.6 is 22.7 Å². The molecule has 0 spiro atoms. The van der Waals surface area contributed by atoms with Crippen LogP contribution < -0.4 is 9.47 Å². The lowest BCUT2D eigenvalue weighted by molar-refractivity contribution is 0.296. The molecule has 0 aliphatic heterocycles. The highest BCUT2D eigenvalue weighted by Gasteiger charge is 2.14. The maximum Gasteiger partial charge on any atom is 0.127 e. The van der Waals surface area contributed by atoms with Gasteiger partial charge in [0.15, 0.2) is 0 Å². The molecule has 1 aromatic carbocycles. The molecule has 6 heteroatoms. The SMILES string of the molecule is CCCCCCOc1cc(/C=C(\C#N)c2cccs2)c(OCCCCCC)cc1/C=C(\C#N)c1cccs1. The second-order valence-electron chi connectivity index (χ2n) is 9.04. The van der Waals surface area contributed by atoms with E-state index in [1.54, 1.807) is 0 Å². The molecule has 4 nitrogen and oxygen atoms in total. The summed E-state index contributed by atoms with van der Waals surface area (Å²) in [6.45, 7) is 5.58. The van der Waals surface area contributed by atoms with E-state index in [4.69, 9.17) is 9.47 Å². The largest absolute Gasteiger partial charge is 0.493 e. The normalized spacial score (nSPS) is 11.7. The van der Waals surface area contributed by atoms with Gasteiger partial charge < -0.3 is 9.47 Å². The molecule has 0 radical (unpaired) electrons. The fraction of sp³-hybridized carbons (Fsp3) is 0.375. The summed E-state index contributed by atoms with van der Waals surface area (Å²) in [5.74, 6) is 1.39. The van der Waals surface area contributed by atoms with E-state index >= 15 is 0 Å². The Bertz CT molecular complexity index is 1160. The lowest BCUT2D eigenvalue weighted by Gasteiger charge is -2.16. The zero-order chi connectivity index (χ0) is 27.0. The molecule has 0 aliphatic rings. The van der Waals surface area contributed by atoms with Crippen molar-refractivity contribution < 1.29 is 9.47 Å². The molecule has 0 N–H and O–H groups in total. The molecule has 0 unspecified atom stereocenters. The topological polar surface area (TPSA) is 66.0 Å². The number of hydrogen-bond donors (Lipinski definition) is 0. The Morgan fingerprint density at radius 2 is 1.16 bits per heavy atom. The van der Waals surface area contributed by atoms with Crippen molar-refractivity contribution >= 4 is 46.0 Å². The maximum atomic E-state index is 9.90. The highest BCUT2D eigenvalue weighted by molar-refractivity contribution is 7.11. The molecular weight excluding hydrogens is 508 g/mol. The van der Waals surface area contributed by atoms with Gasteiger partial charge in [-0.25, -0.2) is 0 Å². The van der Waals surface area contributed by atoms with Crippen LogP contribution in [0, 0.1) is 22.7 Å². The third-order valence-corrected chi connectivity index (χ3v) is 7.87. The summed E-state index contributed by atoms with van der Waals surface area (Å²) >= 11 is 3.08. The van der Waals surface area contributed by atoms with Crippen molar-refractivity contribution in [1.29, 1.82) is 10.5 Å². The second-order valence-corrected chi connectivity index (χ2v) is 10.9. The van der Waals surface area contributed by atoms with E-state index in [1.165, 1.54) is 48.4 Å². The Morgan fingerprint density at radius 3 is 1.50 bits per heavy atom. The zero-order valence-corrected chi connectivity index (χ0v) is 24.0. The van der Waals surface area contributed by atoms with E-state index in [1.807, 2.05) is 59.3 Å². The lowest BCUT2D eigenvalue weighted by atomic mass is 10.0. The molecule has 0 amide bonds. The summed E-state index contributed by atoms with van der Waals surface area (Å²) in [4.78, 5) is 1.83. The van der Waals surface area contributed by atoms with Crippen molar-refractivity contribution in [1.82, 2.24) is 0 Å². The van der Waals surface area contributed by atoms with Crippen LogP contribution in [-0.2, 0) is 0 Å². The van der Waals surface area contributed by atoms with Crippen LogP contribution in [0.4, 0.5) is 0 Å². The summed E-state index contributed by atoms with van der Waals surface area (Å²) < 4.78 is 12.6. The van der Waals surface area contributed by atoms with Crippen LogP contribution in [0.15, 0.2) is 47.2 Å². The van der Waals surface area contributed by atoms with Gasteiger partial charge in [0.25, 0.3) is 0 Å². The number of nitriles is 2. The lowest BCUT2D eigenvalue weighted by Crippen LogP contribution is -2.03. The maximum absolute atomic E-state index is 9.90. The molecule has 2 aromatic heterocycles. The number of thiophene rings is 2. The van der Waals surface area contributed by atoms with Gasteiger partial charge in [0.2, 0.25) is 0 Å². The summed E-state index contributed by atoms with van der Waals surface area (Å²) in [7, 11) is 0. The Morgan fingerprint density at radius 1 is 0.711 bits per heavy atom. The minimum absolute atomic E-state index is 0.587. The Kier molecular flexibility index (Phi) is 12.7. The van der Waals surface area contributed by atoms with Gasteiger partial charge in [-0.05, 0) is 60.0 Å². The molecule has 3 aromatic rings. The molecular formula is C32H36N2O2S2. The number of unbranched alkanes of at least 4 members (excludes halogenated alkanes) is 6. The molecule has 2 heterocycles. The predicted molar refractivity (Wildman–Crippen MR) is 161 cm³/mol. The zero-order valence-electron chi connectivity index (χ0n) is 22.4. The molecule has 0 aliphatic carbocycles. The van der Waals surface area contributed by atoms with Crippen LogP contribution in [-0.4, -0.2) is 13.2 Å². The first kappa shape index (κ1) is 29.2. The fourth-order valence-corrected chi connectivity index (χ4v) is 5.37. The van der Waals surface area contributed by atoms with Crippen LogP contribution in [0.2, 0.25) is 0 Å². The van der Waals surface area contributed by atoms with Crippen LogP contribution in [0.25, 0.3) is 23.3 Å². The predicted octanol–water partition coefficient (Wildman–Crippen LogP) is 9.86. The van der Waals surface area contributed by atoms with Crippen molar-refractivity contribution in [2.24, 2.45) is 0 Å². The van der Waals surface area contributed by atoms with E-state index in [2.05, 4.69) is 26.0 Å². The van der Waals surface area contributed by atoms with Crippen molar-refractivity contribution in [3.05, 3.63) is 68.0 Å². The first-order valence-corrected chi connectivity index (χ1v) is 15.2. The van der Waals surface area contributed by atoms with Crippen molar-refractivity contribution in [2.75, 3.05) is 13.2 Å². The molecule has 0 saturated carbocycles. The van der Waals surface area contributed by atoms with E-state index in [0.717, 1.165) is 46.6 Å². The molecule has 0 atom stereocenters. The Balaban J connectivity index is 2.04. The fourth-order valence-electron chi connectivity index (χ4n) is 3.98. The highest BCUT2D eigenvalue weighted by atomic mass is 32.1. The van der Waals surface area contributed by atoms with Crippen LogP contribution in [0.1, 0.15) is 86.1 Å². The third-order valence-electron chi connectivity index (χ3n) is 6.07. The first-order valence-electron chi connectivity index (χ1n) is 13.4. The van der Waals surface area contributed by atoms with Crippen molar-refractivity contribution in [3.63, 3.8) is 0 Å². The number of benzene rings is 1. The summed E-state index contributed by atoms with van der Waals surface area (Å²) in [6.07, 6.45) is 12.6. The molecule has 3 rings (SSSR count). The van der Waals surface area contributed by atoms with Gasteiger partial charge in [-0.2, -0.15) is 10.5 Å². The van der Waals surface area contributed by atoms with E-state index in [-0.39, 0.29) is 0 Å². The number of nitrogens with zero attached hydrogens (tertiary/aromatic N) is 2. The van der Waals surface area contributed by atoms with Crippen molar-refractivity contribution in [3.8, 4) is 23.6 Å². The van der Waals surface area contributed by atoms with E-state index in [0.29, 0.717) is 35.9 Å². The molecule has 0 fully saturated rings. The highest BCUT2D eigenvalue weighted by Crippen LogP contribution is 2.36. The van der Waals surface area contributed by atoms with Gasteiger partial charge in [-0.1, -0.05) is 64.5 Å². The summed E-state index contributed by atoms with van der Waals surface area (Å²) in [5.41, 5.74) is 2.79. The number of rotatable bonds is 16. The third kappa shape index (κ3) is 8.91. The first-order chi connectivity index (χ1) is 18.7. The minimum Gasteiger partial charge on any atom is -0.493 e. The molecule has 0 saturated heterocycles. The Labute approximate surface area is 235 Å². The summed E-state index contributed by atoms with van der Waals surface area (Å²) in [6, 6.07) is 16.4. The van der Waals surface area contributed by atoms with Gasteiger partial charge in [0.1, 0.15) is 23.6 Å². The molecule has 198 valence electrons. The standard InChI is InChI=1S/C32H36N2O2S2/c1-3-5-7-9-15-35-29-21-26(20-28(24-34)32-14-12-18-38-32)30(36-16-10-8-6-4-2)22-25(29)19-27(23-33)31-13-11-17-37-31/h11-14,17-22H,3-10,15-16H2,1-2H3/b27-19+,28-20+. The van der Waals surface area contributed by atoms with Gasteiger partial charge in [0, 0.05) is 20.9 Å². The van der Waals surface area contributed by atoms with E-state index in [9.17, 15) is 10.5 Å². The average Bonchev–Trinajstić information content (AvgIpc) is 3.66. The van der Waals surface area contributed by atoms with Crippen LogP contribution in [0.5, 0.6) is 11.5 Å². The quantitative estimate of drug-likeness (QED) is 0.133.